The third-order valence-electron chi connectivity index (χ3n) is 9.48. The predicted octanol–water partition coefficient (Wildman–Crippen LogP) is 5.85. The Balaban J connectivity index is 1.55. The Bertz CT molecular complexity index is 1690. The van der Waals surface area contributed by atoms with Gasteiger partial charge in [0.2, 0.25) is 11.8 Å². The molecule has 4 aromatic carbocycles. The normalized spacial score (nSPS) is 14.3. The lowest BCUT2D eigenvalue weighted by Gasteiger charge is -2.34. The van der Waals surface area contributed by atoms with E-state index in [1.165, 1.54) is 0 Å². The Morgan fingerprint density at radius 1 is 0.466 bits per heavy atom. The fourth-order valence-corrected chi connectivity index (χ4v) is 6.51. The van der Waals surface area contributed by atoms with Gasteiger partial charge in [-0.2, -0.15) is 0 Å². The zero-order chi connectivity index (χ0) is 41.9. The van der Waals surface area contributed by atoms with Crippen LogP contribution in [0, 0.1) is 11.8 Å². The van der Waals surface area contributed by atoms with Crippen molar-refractivity contribution in [2.75, 3.05) is 0 Å². The number of ether oxygens (including phenoxy) is 2. The maximum absolute atomic E-state index is 14.0. The monoisotopic (exact) mass is 794 g/mol. The number of hydrogen-bond donors (Lipinski definition) is 6. The van der Waals surface area contributed by atoms with Crippen molar-refractivity contribution in [3.8, 4) is 0 Å². The van der Waals surface area contributed by atoms with Crippen LogP contribution in [0.3, 0.4) is 0 Å². The summed E-state index contributed by atoms with van der Waals surface area (Å²) in [5, 5.41) is 35.1. The van der Waals surface area contributed by atoms with E-state index in [0.717, 1.165) is 22.3 Å². The summed E-state index contributed by atoms with van der Waals surface area (Å²) >= 11 is 0. The van der Waals surface area contributed by atoms with Crippen LogP contribution < -0.4 is 21.3 Å². The van der Waals surface area contributed by atoms with E-state index in [-0.39, 0.29) is 50.7 Å². The van der Waals surface area contributed by atoms with Gasteiger partial charge in [0.15, 0.2) is 0 Å². The third-order valence-corrected chi connectivity index (χ3v) is 9.48. The molecule has 0 spiro atoms. The second-order valence-corrected chi connectivity index (χ2v) is 15.4. The number of carbonyl (C=O) groups excluding carboxylic acids is 4. The molecule has 0 aliphatic rings. The molecule has 4 unspecified atom stereocenters. The first-order valence-corrected chi connectivity index (χ1v) is 19.9. The summed E-state index contributed by atoms with van der Waals surface area (Å²) in [6, 6.07) is 32.5. The van der Waals surface area contributed by atoms with E-state index >= 15 is 0 Å². The van der Waals surface area contributed by atoms with Crippen LogP contribution in [0.5, 0.6) is 0 Å². The smallest absolute Gasteiger partial charge is 0.408 e. The Morgan fingerprint density at radius 3 is 1.05 bits per heavy atom. The molecule has 0 heterocycles. The molecule has 0 radical (unpaired) electrons. The Hall–Kier alpha value is -5.72. The number of aliphatic hydroxyl groups excluding tert-OH is 2. The van der Waals surface area contributed by atoms with Crippen molar-refractivity contribution >= 4 is 24.0 Å². The van der Waals surface area contributed by atoms with Gasteiger partial charge in [0.05, 0.1) is 12.1 Å². The van der Waals surface area contributed by atoms with Crippen molar-refractivity contribution in [3.63, 3.8) is 0 Å². The topological polar surface area (TPSA) is 175 Å². The average Bonchev–Trinajstić information content (AvgIpc) is 3.21. The zero-order valence-corrected chi connectivity index (χ0v) is 33.8. The summed E-state index contributed by atoms with van der Waals surface area (Å²) in [5.41, 5.74) is 3.12. The van der Waals surface area contributed by atoms with Crippen LogP contribution in [-0.2, 0) is 45.1 Å². The fraction of sp³-hybridized carbons (Fsp3) is 0.391. The van der Waals surface area contributed by atoms with Crippen LogP contribution in [0.25, 0.3) is 0 Å². The molecule has 12 heteroatoms. The molecule has 0 aliphatic heterocycles. The number of carbonyl (C=O) groups is 4. The highest BCUT2D eigenvalue weighted by atomic mass is 16.6. The molecular formula is C46H58N4O8. The maximum atomic E-state index is 14.0. The van der Waals surface area contributed by atoms with E-state index in [9.17, 15) is 29.4 Å². The van der Waals surface area contributed by atoms with Crippen LogP contribution in [-0.4, -0.2) is 70.6 Å². The first-order valence-electron chi connectivity index (χ1n) is 19.9. The zero-order valence-electron chi connectivity index (χ0n) is 33.8. The molecule has 6 N–H and O–H groups in total. The summed E-state index contributed by atoms with van der Waals surface area (Å²) in [7, 11) is 0. The van der Waals surface area contributed by atoms with Crippen LogP contribution in [0.4, 0.5) is 9.59 Å². The molecule has 0 bridgehead atoms. The van der Waals surface area contributed by atoms with Gasteiger partial charge >= 0.3 is 12.2 Å². The third kappa shape index (κ3) is 15.7. The number of hydrogen-bond acceptors (Lipinski definition) is 8. The minimum Gasteiger partial charge on any atom is -0.445 e. The van der Waals surface area contributed by atoms with Gasteiger partial charge in [0, 0.05) is 0 Å². The molecule has 310 valence electrons. The molecular weight excluding hydrogens is 737 g/mol. The van der Waals surface area contributed by atoms with Crippen LogP contribution in [0.1, 0.15) is 62.8 Å². The van der Waals surface area contributed by atoms with Gasteiger partial charge in [-0.05, 0) is 59.8 Å². The van der Waals surface area contributed by atoms with Crippen molar-refractivity contribution in [2.45, 2.75) is 103 Å². The van der Waals surface area contributed by atoms with Crippen LogP contribution >= 0.6 is 0 Å². The Kier molecular flexibility index (Phi) is 18.2. The molecule has 4 rings (SSSR count). The quantitative estimate of drug-likeness (QED) is 0.0610. The molecule has 12 nitrogen and oxygen atoms in total. The average molecular weight is 795 g/mol. The fourth-order valence-electron chi connectivity index (χ4n) is 6.51. The molecule has 0 aromatic heterocycles. The first-order chi connectivity index (χ1) is 27.9. The van der Waals surface area contributed by atoms with Crippen molar-refractivity contribution < 1.29 is 38.9 Å². The van der Waals surface area contributed by atoms with E-state index in [0.29, 0.717) is 0 Å². The van der Waals surface area contributed by atoms with Gasteiger partial charge in [-0.25, -0.2) is 9.59 Å². The maximum Gasteiger partial charge on any atom is 0.408 e. The number of alkyl carbamates (subject to hydrolysis) is 2. The summed E-state index contributed by atoms with van der Waals surface area (Å²) in [4.78, 5) is 53.8. The molecule has 0 saturated heterocycles. The lowest BCUT2D eigenvalue weighted by molar-refractivity contribution is -0.128. The second kappa shape index (κ2) is 23.5. The standard InChI is InChI=1S/C46H58N4O8/c1-31(2)25-39(49-45(55)57-29-35-21-13-7-14-22-35)43(53)47-37(27-33-17-9-5-10-18-33)41(51)42(52)38(28-34-19-11-6-12-20-34)48-44(54)40(26-32(3)4)50-46(56)58-30-36-23-15-8-16-24-36/h5-24,31-32,37-42,51-52H,25-30H2,1-4H3,(H,47,53)(H,48,54)(H,49,55)(H,50,56)/t37?,38?,39-,40-,41?,42?/m0/s1. The molecule has 4 aromatic rings. The van der Waals surface area contributed by atoms with E-state index in [1.54, 1.807) is 0 Å². The predicted molar refractivity (Wildman–Crippen MR) is 222 cm³/mol. The Morgan fingerprint density at radius 2 is 0.759 bits per heavy atom. The molecule has 4 amide bonds. The minimum atomic E-state index is -1.60. The van der Waals surface area contributed by atoms with E-state index in [1.807, 2.05) is 149 Å². The van der Waals surface area contributed by atoms with Gasteiger partial charge in [-0.3, -0.25) is 9.59 Å². The van der Waals surface area contributed by atoms with E-state index in [4.69, 9.17) is 9.47 Å². The number of amides is 4. The highest BCUT2D eigenvalue weighted by molar-refractivity contribution is 5.86. The number of rotatable bonds is 21. The van der Waals surface area contributed by atoms with Gasteiger partial charge in [0.1, 0.15) is 37.5 Å². The number of benzene rings is 4. The largest absolute Gasteiger partial charge is 0.445 e. The highest BCUT2D eigenvalue weighted by Gasteiger charge is 2.37. The lowest BCUT2D eigenvalue weighted by atomic mass is 9.90. The lowest BCUT2D eigenvalue weighted by Crippen LogP contribution is -2.61. The second-order valence-electron chi connectivity index (χ2n) is 15.4. The molecule has 0 aliphatic carbocycles. The van der Waals surface area contributed by atoms with Gasteiger partial charge in [-0.15, -0.1) is 0 Å². The summed E-state index contributed by atoms with van der Waals surface area (Å²) < 4.78 is 10.8. The minimum absolute atomic E-state index is 0.00161. The molecule has 0 saturated carbocycles. The van der Waals surface area contributed by atoms with Crippen molar-refractivity contribution in [1.29, 1.82) is 0 Å². The summed E-state index contributed by atoms with van der Waals surface area (Å²) in [6.07, 6.45) is -3.97. The number of nitrogens with one attached hydrogen (secondary N) is 4. The first kappa shape index (κ1) is 45.0. The van der Waals surface area contributed by atoms with Crippen LogP contribution in [0.15, 0.2) is 121 Å². The SMILES string of the molecule is CC(C)C[C@H](NC(=O)OCc1ccccc1)C(=O)NC(Cc1ccccc1)C(O)C(O)C(Cc1ccccc1)NC(=O)[C@H](CC(C)C)NC(=O)OCc1ccccc1. The van der Waals surface area contributed by atoms with E-state index in [2.05, 4.69) is 21.3 Å². The van der Waals surface area contributed by atoms with Crippen molar-refractivity contribution in [1.82, 2.24) is 21.3 Å². The van der Waals surface area contributed by atoms with Gasteiger partial charge in [-0.1, -0.05) is 149 Å². The van der Waals surface area contributed by atoms with Crippen molar-refractivity contribution in [2.24, 2.45) is 11.8 Å². The van der Waals surface area contributed by atoms with Crippen LogP contribution in [0.2, 0.25) is 0 Å². The van der Waals surface area contributed by atoms with E-state index < -0.39 is 60.4 Å². The molecule has 0 fully saturated rings. The summed E-state index contributed by atoms with van der Waals surface area (Å²) in [6.45, 7) is 7.69. The highest BCUT2D eigenvalue weighted by Crippen LogP contribution is 2.17. The van der Waals surface area contributed by atoms with Crippen molar-refractivity contribution in [3.05, 3.63) is 144 Å². The molecule has 6 atom stereocenters. The Labute approximate surface area is 341 Å². The van der Waals surface area contributed by atoms with Gasteiger partial charge in [0.25, 0.3) is 0 Å². The summed E-state index contributed by atoms with van der Waals surface area (Å²) in [5.74, 6) is -1.14. The number of aliphatic hydroxyl groups is 2. The molecule has 58 heavy (non-hydrogen) atoms. The van der Waals surface area contributed by atoms with Gasteiger partial charge < -0.3 is 41.0 Å².